The molecule has 6 nitrogen and oxygen atoms in total. The molecule has 3 rings (SSSR count). The van der Waals surface area contributed by atoms with Gasteiger partial charge in [0.25, 0.3) is 0 Å². The van der Waals surface area contributed by atoms with Gasteiger partial charge in [-0.25, -0.2) is 9.38 Å². The maximum Gasteiger partial charge on any atom is 0.222 e. The molecule has 1 aliphatic rings. The number of phenolic OH excluding ortho intramolecular Hbond substituents is 1. The second-order valence-electron chi connectivity index (χ2n) is 6.84. The van der Waals surface area contributed by atoms with E-state index < -0.39 is 0 Å². The van der Waals surface area contributed by atoms with Gasteiger partial charge in [-0.2, -0.15) is 0 Å². The Bertz CT molecular complexity index is 891. The van der Waals surface area contributed by atoms with Gasteiger partial charge in [-0.15, -0.1) is 0 Å². The topological polar surface area (TPSA) is 77.0 Å². The van der Waals surface area contributed by atoms with Gasteiger partial charge >= 0.3 is 0 Å². The van der Waals surface area contributed by atoms with Crippen LogP contribution in [0.2, 0.25) is 0 Å². The van der Waals surface area contributed by atoms with Gasteiger partial charge in [0.2, 0.25) is 5.91 Å². The van der Waals surface area contributed by atoms with E-state index in [0.717, 1.165) is 23.9 Å². The van der Waals surface area contributed by atoms with Crippen molar-refractivity contribution in [1.29, 1.82) is 0 Å². The minimum Gasteiger partial charge on any atom is -0.508 e. The second-order valence-corrected chi connectivity index (χ2v) is 7.76. The fraction of sp³-hybridized carbons (Fsp3) is 0.333. The van der Waals surface area contributed by atoms with Crippen LogP contribution >= 0.6 is 15.9 Å². The van der Waals surface area contributed by atoms with E-state index in [1.54, 1.807) is 36.4 Å². The third kappa shape index (κ3) is 6.45. The zero-order valence-electron chi connectivity index (χ0n) is 16.0. The number of rotatable bonds is 7. The summed E-state index contributed by atoms with van der Waals surface area (Å²) in [6.07, 6.45) is 2.34. The number of hydrogen-bond acceptors (Lipinski definition) is 3. The SMILES string of the molecule is O=C1CCCN1CCCNC(=NCc1cc(Br)ccc1F)Nc1cccc(O)c1. The van der Waals surface area contributed by atoms with Gasteiger partial charge in [0.05, 0.1) is 6.54 Å². The third-order valence-electron chi connectivity index (χ3n) is 4.59. The molecule has 2 aromatic rings. The van der Waals surface area contributed by atoms with Crippen LogP contribution in [0.15, 0.2) is 51.9 Å². The average Bonchev–Trinajstić information content (AvgIpc) is 3.10. The van der Waals surface area contributed by atoms with Crippen molar-refractivity contribution in [2.75, 3.05) is 25.0 Å². The molecule has 0 saturated carbocycles. The number of likely N-dealkylation sites (tertiary alicyclic amines) is 1. The Labute approximate surface area is 178 Å². The predicted molar refractivity (Wildman–Crippen MR) is 115 cm³/mol. The van der Waals surface area contributed by atoms with Crippen LogP contribution in [0.1, 0.15) is 24.8 Å². The van der Waals surface area contributed by atoms with Crippen LogP contribution in [0.5, 0.6) is 5.75 Å². The van der Waals surface area contributed by atoms with Crippen LogP contribution < -0.4 is 10.6 Å². The molecule has 29 heavy (non-hydrogen) atoms. The highest BCUT2D eigenvalue weighted by Gasteiger charge is 2.19. The predicted octanol–water partition coefficient (Wildman–Crippen LogP) is 3.86. The number of hydrogen-bond donors (Lipinski definition) is 3. The lowest BCUT2D eigenvalue weighted by atomic mass is 10.2. The third-order valence-corrected chi connectivity index (χ3v) is 5.09. The maximum absolute atomic E-state index is 14.0. The molecule has 0 bridgehead atoms. The fourth-order valence-electron chi connectivity index (χ4n) is 3.11. The summed E-state index contributed by atoms with van der Waals surface area (Å²) in [5.41, 5.74) is 1.14. The van der Waals surface area contributed by atoms with Gasteiger partial charge in [0, 0.05) is 47.8 Å². The van der Waals surface area contributed by atoms with Gasteiger partial charge in [0.15, 0.2) is 5.96 Å². The Morgan fingerprint density at radius 2 is 2.14 bits per heavy atom. The Morgan fingerprint density at radius 1 is 1.28 bits per heavy atom. The Kier molecular flexibility index (Phi) is 7.46. The minimum atomic E-state index is -0.318. The summed E-state index contributed by atoms with van der Waals surface area (Å²) in [5, 5.41) is 16.0. The van der Waals surface area contributed by atoms with Crippen molar-refractivity contribution in [2.24, 2.45) is 4.99 Å². The smallest absolute Gasteiger partial charge is 0.222 e. The number of aromatic hydroxyl groups is 1. The van der Waals surface area contributed by atoms with E-state index in [1.807, 2.05) is 4.90 Å². The number of nitrogens with zero attached hydrogens (tertiary/aromatic N) is 2. The average molecular weight is 463 g/mol. The van der Waals surface area contributed by atoms with Crippen LogP contribution in [0.25, 0.3) is 0 Å². The summed E-state index contributed by atoms with van der Waals surface area (Å²) in [5.74, 6) is 0.505. The van der Waals surface area contributed by atoms with Gasteiger partial charge in [0.1, 0.15) is 11.6 Å². The van der Waals surface area contributed by atoms with Crippen molar-refractivity contribution in [3.63, 3.8) is 0 Å². The highest BCUT2D eigenvalue weighted by molar-refractivity contribution is 9.10. The Morgan fingerprint density at radius 3 is 2.90 bits per heavy atom. The largest absolute Gasteiger partial charge is 0.508 e. The number of aliphatic imine (C=N–C) groups is 1. The number of carbonyl (C=O) groups is 1. The molecule has 1 saturated heterocycles. The van der Waals surface area contributed by atoms with Crippen LogP contribution in [0.3, 0.4) is 0 Å². The first-order valence-electron chi connectivity index (χ1n) is 9.57. The van der Waals surface area contributed by atoms with Crippen LogP contribution in [0.4, 0.5) is 10.1 Å². The van der Waals surface area contributed by atoms with E-state index in [0.29, 0.717) is 36.7 Å². The molecule has 0 aliphatic carbocycles. The van der Waals surface area contributed by atoms with Crippen LogP contribution in [0, 0.1) is 5.82 Å². The second kappa shape index (κ2) is 10.2. The Hall–Kier alpha value is -2.61. The van der Waals surface area contributed by atoms with Crippen molar-refractivity contribution in [3.8, 4) is 5.75 Å². The van der Waals surface area contributed by atoms with Crippen molar-refractivity contribution in [1.82, 2.24) is 10.2 Å². The normalized spacial score (nSPS) is 14.3. The lowest BCUT2D eigenvalue weighted by Crippen LogP contribution is -2.34. The van der Waals surface area contributed by atoms with Gasteiger partial charge in [-0.1, -0.05) is 22.0 Å². The standard InChI is InChI=1S/C21H24BrFN4O2/c22-16-7-8-19(23)15(12-16)14-25-21(26-17-4-1-5-18(28)13-17)24-9-3-11-27-10-2-6-20(27)29/h1,4-5,7-8,12-13,28H,2-3,6,9-11,14H2,(H2,24,25,26). The van der Waals surface area contributed by atoms with Crippen molar-refractivity contribution >= 4 is 33.5 Å². The Balaban J connectivity index is 1.63. The summed E-state index contributed by atoms with van der Waals surface area (Å²) in [4.78, 5) is 18.1. The molecular formula is C21H24BrFN4O2. The molecule has 8 heteroatoms. The first-order valence-corrected chi connectivity index (χ1v) is 10.4. The number of amides is 1. The molecule has 0 spiro atoms. The molecule has 154 valence electrons. The number of phenols is 1. The van der Waals surface area contributed by atoms with Gasteiger partial charge < -0.3 is 20.6 Å². The number of guanidine groups is 1. The molecule has 1 fully saturated rings. The zero-order chi connectivity index (χ0) is 20.6. The molecule has 1 aliphatic heterocycles. The van der Waals surface area contributed by atoms with Crippen LogP contribution in [-0.4, -0.2) is 41.5 Å². The van der Waals surface area contributed by atoms with E-state index in [2.05, 4.69) is 31.6 Å². The highest BCUT2D eigenvalue weighted by Crippen LogP contribution is 2.17. The summed E-state index contributed by atoms with van der Waals surface area (Å²) < 4.78 is 14.8. The molecule has 1 heterocycles. The van der Waals surface area contributed by atoms with Gasteiger partial charge in [-0.3, -0.25) is 4.79 Å². The molecule has 0 unspecified atom stereocenters. The number of halogens is 2. The minimum absolute atomic E-state index is 0.139. The molecular weight excluding hydrogens is 439 g/mol. The number of benzene rings is 2. The van der Waals surface area contributed by atoms with Crippen LogP contribution in [-0.2, 0) is 11.3 Å². The zero-order valence-corrected chi connectivity index (χ0v) is 17.6. The molecule has 0 radical (unpaired) electrons. The van der Waals surface area contributed by atoms with E-state index in [1.165, 1.54) is 6.07 Å². The number of carbonyl (C=O) groups excluding carboxylic acids is 1. The quantitative estimate of drug-likeness (QED) is 0.331. The molecule has 0 atom stereocenters. The molecule has 1 amide bonds. The van der Waals surface area contributed by atoms with Crippen molar-refractivity contribution in [3.05, 3.63) is 58.3 Å². The van der Waals surface area contributed by atoms with E-state index >= 15 is 0 Å². The fourth-order valence-corrected chi connectivity index (χ4v) is 3.51. The van der Waals surface area contributed by atoms with Crippen molar-refractivity contribution < 1.29 is 14.3 Å². The monoisotopic (exact) mass is 462 g/mol. The lowest BCUT2D eigenvalue weighted by Gasteiger charge is -2.17. The summed E-state index contributed by atoms with van der Waals surface area (Å²) >= 11 is 3.35. The first-order chi connectivity index (χ1) is 14.0. The summed E-state index contributed by atoms with van der Waals surface area (Å²) in [7, 11) is 0. The molecule has 0 aromatic heterocycles. The van der Waals surface area contributed by atoms with E-state index in [4.69, 9.17) is 0 Å². The lowest BCUT2D eigenvalue weighted by molar-refractivity contribution is -0.127. The van der Waals surface area contributed by atoms with E-state index in [-0.39, 0.29) is 24.0 Å². The molecule has 2 aromatic carbocycles. The first kappa shape index (κ1) is 21.1. The van der Waals surface area contributed by atoms with Crippen molar-refractivity contribution in [2.45, 2.75) is 25.8 Å². The number of anilines is 1. The molecule has 3 N–H and O–H groups in total. The summed E-state index contributed by atoms with van der Waals surface area (Å²) in [6.45, 7) is 2.29. The van der Waals surface area contributed by atoms with E-state index in [9.17, 15) is 14.3 Å². The van der Waals surface area contributed by atoms with Gasteiger partial charge in [-0.05, 0) is 43.2 Å². The highest BCUT2D eigenvalue weighted by atomic mass is 79.9. The maximum atomic E-state index is 14.0. The number of nitrogens with one attached hydrogen (secondary N) is 2. The summed E-state index contributed by atoms with van der Waals surface area (Å²) in [6, 6.07) is 11.4.